The third-order valence-electron chi connectivity index (χ3n) is 3.17. The average molecular weight is 299 g/mol. The van der Waals surface area contributed by atoms with Crippen molar-refractivity contribution < 1.29 is 13.2 Å². The van der Waals surface area contributed by atoms with E-state index in [0.29, 0.717) is 6.42 Å². The normalized spacial score (nSPS) is 13.2. The van der Waals surface area contributed by atoms with E-state index in [9.17, 15) is 8.42 Å². The zero-order chi connectivity index (χ0) is 15.0. The smallest absolute Gasteiger partial charge is 0.147 e. The molecule has 4 nitrogen and oxygen atoms in total. The Bertz CT molecular complexity index is 482. The fraction of sp³-hybridized carbons (Fsp3) is 0.600. The van der Waals surface area contributed by atoms with Crippen molar-refractivity contribution in [3.05, 3.63) is 29.8 Å². The molecule has 1 N–H and O–H groups in total. The molecule has 0 heterocycles. The molecule has 0 spiro atoms. The number of nitrogens with one attached hydrogen (secondary N) is 1. The van der Waals surface area contributed by atoms with Crippen LogP contribution < -0.4 is 10.1 Å². The van der Waals surface area contributed by atoms with Gasteiger partial charge in [-0.2, -0.15) is 0 Å². The number of rotatable bonds is 9. The highest BCUT2D eigenvalue weighted by Crippen LogP contribution is 2.20. The summed E-state index contributed by atoms with van der Waals surface area (Å²) in [6, 6.07) is 7.91. The second-order valence-electron chi connectivity index (χ2n) is 5.03. The molecule has 0 aliphatic rings. The maximum Gasteiger partial charge on any atom is 0.147 e. The average Bonchev–Trinajstić information content (AvgIpc) is 2.40. The van der Waals surface area contributed by atoms with Crippen molar-refractivity contribution in [2.45, 2.75) is 32.2 Å². The maximum absolute atomic E-state index is 11.2. The predicted octanol–water partition coefficient (Wildman–Crippen LogP) is 2.56. The number of unbranched alkanes of at least 4 members (excludes halogenated alkanes) is 1. The van der Waals surface area contributed by atoms with Crippen molar-refractivity contribution in [1.29, 1.82) is 0 Å². The third-order valence-corrected chi connectivity index (χ3v) is 4.15. The molecular weight excluding hydrogens is 274 g/mol. The number of sulfone groups is 1. The Morgan fingerprint density at radius 2 is 1.90 bits per heavy atom. The lowest BCUT2D eigenvalue weighted by molar-refractivity contribution is 0.309. The van der Waals surface area contributed by atoms with E-state index >= 15 is 0 Å². The first kappa shape index (κ1) is 17.0. The van der Waals surface area contributed by atoms with Crippen LogP contribution in [0.5, 0.6) is 5.75 Å². The SMILES string of the molecule is CCCCOc1ccc(C(CCS(C)(=O)=O)NC)cc1. The Kier molecular flexibility index (Phi) is 7.02. The summed E-state index contributed by atoms with van der Waals surface area (Å²) in [7, 11) is -1.08. The van der Waals surface area contributed by atoms with Gasteiger partial charge in [-0.1, -0.05) is 25.5 Å². The molecule has 1 rings (SSSR count). The largest absolute Gasteiger partial charge is 0.494 e. The molecule has 0 bridgehead atoms. The van der Waals surface area contributed by atoms with Gasteiger partial charge in [0.05, 0.1) is 12.4 Å². The summed E-state index contributed by atoms with van der Waals surface area (Å²) < 4.78 is 28.1. The van der Waals surface area contributed by atoms with Crippen molar-refractivity contribution in [2.75, 3.05) is 25.7 Å². The molecule has 0 saturated heterocycles. The van der Waals surface area contributed by atoms with Crippen LogP contribution >= 0.6 is 0 Å². The van der Waals surface area contributed by atoms with Crippen molar-refractivity contribution in [1.82, 2.24) is 5.32 Å². The van der Waals surface area contributed by atoms with Crippen LogP contribution in [-0.4, -0.2) is 34.1 Å². The van der Waals surface area contributed by atoms with Gasteiger partial charge in [-0.05, 0) is 37.6 Å². The quantitative estimate of drug-likeness (QED) is 0.712. The van der Waals surface area contributed by atoms with Crippen molar-refractivity contribution in [2.24, 2.45) is 0 Å². The first-order chi connectivity index (χ1) is 9.46. The molecule has 1 aromatic rings. The van der Waals surface area contributed by atoms with Gasteiger partial charge in [0.25, 0.3) is 0 Å². The molecule has 1 aromatic carbocycles. The molecule has 0 aliphatic carbocycles. The molecule has 0 aliphatic heterocycles. The molecule has 0 amide bonds. The number of hydrogen-bond donors (Lipinski definition) is 1. The third kappa shape index (κ3) is 6.39. The predicted molar refractivity (Wildman–Crippen MR) is 83.0 cm³/mol. The van der Waals surface area contributed by atoms with Crippen LogP contribution in [0.4, 0.5) is 0 Å². The highest BCUT2D eigenvalue weighted by Gasteiger charge is 2.12. The van der Waals surface area contributed by atoms with E-state index in [4.69, 9.17) is 4.74 Å². The molecule has 0 fully saturated rings. The summed E-state index contributed by atoms with van der Waals surface area (Å²) in [4.78, 5) is 0. The topological polar surface area (TPSA) is 55.4 Å². The molecule has 114 valence electrons. The van der Waals surface area contributed by atoms with Gasteiger partial charge in [0, 0.05) is 12.3 Å². The first-order valence-electron chi connectivity index (χ1n) is 7.04. The zero-order valence-corrected chi connectivity index (χ0v) is 13.4. The van der Waals surface area contributed by atoms with Crippen LogP contribution in [0.15, 0.2) is 24.3 Å². The molecule has 0 saturated carbocycles. The van der Waals surface area contributed by atoms with Gasteiger partial charge in [-0.3, -0.25) is 0 Å². The molecular formula is C15H25NO3S. The minimum Gasteiger partial charge on any atom is -0.494 e. The monoisotopic (exact) mass is 299 g/mol. The van der Waals surface area contributed by atoms with Gasteiger partial charge in [0.2, 0.25) is 0 Å². The Morgan fingerprint density at radius 1 is 1.25 bits per heavy atom. The van der Waals surface area contributed by atoms with Crippen molar-refractivity contribution in [3.63, 3.8) is 0 Å². The van der Waals surface area contributed by atoms with Gasteiger partial charge in [-0.25, -0.2) is 8.42 Å². The van der Waals surface area contributed by atoms with E-state index in [1.54, 1.807) is 0 Å². The van der Waals surface area contributed by atoms with Crippen LogP contribution in [0.25, 0.3) is 0 Å². The molecule has 20 heavy (non-hydrogen) atoms. The standard InChI is InChI=1S/C15H25NO3S/c1-4-5-11-19-14-8-6-13(7-9-14)15(16-2)10-12-20(3,17)18/h6-9,15-16H,4-5,10-12H2,1-3H3. The Balaban J connectivity index is 2.60. The van der Waals surface area contributed by atoms with Crippen LogP contribution in [0.1, 0.15) is 37.8 Å². The van der Waals surface area contributed by atoms with Crippen LogP contribution in [0, 0.1) is 0 Å². The van der Waals surface area contributed by atoms with Crippen LogP contribution in [-0.2, 0) is 9.84 Å². The first-order valence-corrected chi connectivity index (χ1v) is 9.10. The van der Waals surface area contributed by atoms with E-state index in [2.05, 4.69) is 12.2 Å². The minimum atomic E-state index is -2.93. The summed E-state index contributed by atoms with van der Waals surface area (Å²) in [5.41, 5.74) is 1.08. The van der Waals surface area contributed by atoms with E-state index < -0.39 is 9.84 Å². The second-order valence-corrected chi connectivity index (χ2v) is 7.29. The van der Waals surface area contributed by atoms with Gasteiger partial charge >= 0.3 is 0 Å². The molecule has 5 heteroatoms. The molecule has 0 aromatic heterocycles. The molecule has 1 unspecified atom stereocenters. The number of ether oxygens (including phenoxy) is 1. The summed E-state index contributed by atoms with van der Waals surface area (Å²) in [6.45, 7) is 2.87. The highest BCUT2D eigenvalue weighted by molar-refractivity contribution is 7.90. The fourth-order valence-electron chi connectivity index (χ4n) is 1.94. The van der Waals surface area contributed by atoms with Gasteiger partial charge in [0.1, 0.15) is 15.6 Å². The van der Waals surface area contributed by atoms with Gasteiger partial charge in [0.15, 0.2) is 0 Å². The van der Waals surface area contributed by atoms with Gasteiger partial charge in [-0.15, -0.1) is 0 Å². The number of benzene rings is 1. The lowest BCUT2D eigenvalue weighted by Crippen LogP contribution is -2.19. The fourth-order valence-corrected chi connectivity index (χ4v) is 2.60. The van der Waals surface area contributed by atoms with E-state index in [0.717, 1.165) is 30.8 Å². The summed E-state index contributed by atoms with van der Waals surface area (Å²) in [5, 5.41) is 3.16. The lowest BCUT2D eigenvalue weighted by atomic mass is 10.0. The Hall–Kier alpha value is -1.07. The minimum absolute atomic E-state index is 0.0504. The number of hydrogen-bond acceptors (Lipinski definition) is 4. The maximum atomic E-state index is 11.2. The molecule has 0 radical (unpaired) electrons. The summed E-state index contributed by atoms with van der Waals surface area (Å²) >= 11 is 0. The summed E-state index contributed by atoms with van der Waals surface area (Å²) in [6.07, 6.45) is 4.01. The Morgan fingerprint density at radius 3 is 2.40 bits per heavy atom. The van der Waals surface area contributed by atoms with Crippen molar-refractivity contribution in [3.8, 4) is 5.75 Å². The Labute approximate surface area is 122 Å². The zero-order valence-electron chi connectivity index (χ0n) is 12.6. The van der Waals surface area contributed by atoms with Gasteiger partial charge < -0.3 is 10.1 Å². The van der Waals surface area contributed by atoms with Crippen LogP contribution in [0.2, 0.25) is 0 Å². The summed E-state index contributed by atoms with van der Waals surface area (Å²) in [5.74, 6) is 1.05. The second kappa shape index (κ2) is 8.27. The van der Waals surface area contributed by atoms with E-state index in [1.165, 1.54) is 6.26 Å². The van der Waals surface area contributed by atoms with E-state index in [-0.39, 0.29) is 11.8 Å². The van der Waals surface area contributed by atoms with Crippen LogP contribution in [0.3, 0.4) is 0 Å². The highest BCUT2D eigenvalue weighted by atomic mass is 32.2. The lowest BCUT2D eigenvalue weighted by Gasteiger charge is -2.16. The van der Waals surface area contributed by atoms with E-state index in [1.807, 2.05) is 31.3 Å². The van der Waals surface area contributed by atoms with Crippen molar-refractivity contribution >= 4 is 9.84 Å². The molecule has 1 atom stereocenters.